The molecule has 0 saturated carbocycles. The number of nitrogens with zero attached hydrogens (tertiary/aromatic N) is 1. The summed E-state index contributed by atoms with van der Waals surface area (Å²) in [4.78, 5) is 4.06. The van der Waals surface area contributed by atoms with Gasteiger partial charge in [0.2, 0.25) is 0 Å². The van der Waals surface area contributed by atoms with Gasteiger partial charge in [0.15, 0.2) is 15.8 Å². The number of guanidine groups is 1. The SMILES string of the molecule is CC(C)(CN=C(N)Nc1ccccc1)S(C)(=O)=O.I. The number of rotatable bonds is 4. The largest absolute Gasteiger partial charge is 0.370 e. The van der Waals surface area contributed by atoms with Crippen molar-refractivity contribution in [1.29, 1.82) is 0 Å². The Labute approximate surface area is 131 Å². The Kier molecular flexibility index (Phi) is 6.78. The number of nitrogens with two attached hydrogens (primary N) is 1. The maximum atomic E-state index is 11.5. The molecule has 1 rings (SSSR count). The summed E-state index contributed by atoms with van der Waals surface area (Å²) in [5.41, 5.74) is 6.52. The second-order valence-corrected chi connectivity index (χ2v) is 7.37. The third-order valence-corrected chi connectivity index (χ3v) is 4.82. The lowest BCUT2D eigenvalue weighted by molar-refractivity contribution is 0.555. The summed E-state index contributed by atoms with van der Waals surface area (Å²) in [5, 5.41) is 2.90. The van der Waals surface area contributed by atoms with E-state index < -0.39 is 14.6 Å². The number of halogens is 1. The number of sulfone groups is 1. The first kappa shape index (κ1) is 18.2. The number of anilines is 1. The molecule has 0 bridgehead atoms. The van der Waals surface area contributed by atoms with Gasteiger partial charge in [-0.05, 0) is 26.0 Å². The van der Waals surface area contributed by atoms with Gasteiger partial charge in [0.05, 0.1) is 11.3 Å². The van der Waals surface area contributed by atoms with Crippen molar-refractivity contribution in [2.24, 2.45) is 10.7 Å². The fourth-order valence-corrected chi connectivity index (χ4v) is 1.40. The smallest absolute Gasteiger partial charge is 0.193 e. The Morgan fingerprint density at radius 1 is 1.32 bits per heavy atom. The van der Waals surface area contributed by atoms with E-state index in [0.717, 1.165) is 5.69 Å². The molecule has 1 aromatic rings. The van der Waals surface area contributed by atoms with Crippen LogP contribution in [0.25, 0.3) is 0 Å². The van der Waals surface area contributed by atoms with Gasteiger partial charge in [-0.1, -0.05) is 18.2 Å². The number of hydrogen-bond acceptors (Lipinski definition) is 3. The molecule has 0 aliphatic carbocycles. The van der Waals surface area contributed by atoms with E-state index in [-0.39, 0.29) is 36.5 Å². The Hall–Kier alpha value is -0.830. The van der Waals surface area contributed by atoms with Crippen molar-refractivity contribution < 1.29 is 8.42 Å². The van der Waals surface area contributed by atoms with Crippen molar-refractivity contribution in [2.75, 3.05) is 18.1 Å². The highest BCUT2D eigenvalue weighted by Crippen LogP contribution is 2.15. The molecule has 0 atom stereocenters. The molecule has 0 radical (unpaired) electrons. The van der Waals surface area contributed by atoms with Crippen LogP contribution in [0.5, 0.6) is 0 Å². The summed E-state index contributed by atoms with van der Waals surface area (Å²) >= 11 is 0. The third-order valence-electron chi connectivity index (χ3n) is 2.68. The molecular formula is C12H20IN3O2S. The van der Waals surface area contributed by atoms with Gasteiger partial charge in [-0.25, -0.2) is 8.42 Å². The van der Waals surface area contributed by atoms with Crippen molar-refractivity contribution in [3.05, 3.63) is 30.3 Å². The van der Waals surface area contributed by atoms with E-state index in [2.05, 4.69) is 10.3 Å². The van der Waals surface area contributed by atoms with Crippen LogP contribution < -0.4 is 11.1 Å². The van der Waals surface area contributed by atoms with Crippen molar-refractivity contribution in [1.82, 2.24) is 0 Å². The van der Waals surface area contributed by atoms with Gasteiger partial charge < -0.3 is 11.1 Å². The number of para-hydroxylation sites is 1. The van der Waals surface area contributed by atoms with E-state index >= 15 is 0 Å². The molecule has 0 aromatic heterocycles. The predicted molar refractivity (Wildman–Crippen MR) is 90.9 cm³/mol. The average molecular weight is 397 g/mol. The maximum Gasteiger partial charge on any atom is 0.193 e. The summed E-state index contributed by atoms with van der Waals surface area (Å²) in [6.45, 7) is 3.38. The molecular weight excluding hydrogens is 377 g/mol. The van der Waals surface area contributed by atoms with Gasteiger partial charge in [-0.2, -0.15) is 0 Å². The van der Waals surface area contributed by atoms with Crippen LogP contribution in [0.3, 0.4) is 0 Å². The summed E-state index contributed by atoms with van der Waals surface area (Å²) in [7, 11) is -3.16. The normalized spacial score (nSPS) is 12.7. The van der Waals surface area contributed by atoms with Crippen LogP contribution in [0.15, 0.2) is 35.3 Å². The highest BCUT2D eigenvalue weighted by Gasteiger charge is 2.29. The van der Waals surface area contributed by atoms with Crippen LogP contribution in [-0.4, -0.2) is 31.9 Å². The van der Waals surface area contributed by atoms with E-state index in [1.165, 1.54) is 6.26 Å². The fraction of sp³-hybridized carbons (Fsp3) is 0.417. The third kappa shape index (κ3) is 5.77. The molecule has 108 valence electrons. The number of benzene rings is 1. The summed E-state index contributed by atoms with van der Waals surface area (Å²) in [6, 6.07) is 9.34. The van der Waals surface area contributed by atoms with Crippen LogP contribution in [0.4, 0.5) is 5.69 Å². The summed E-state index contributed by atoms with van der Waals surface area (Å²) < 4.78 is 22.1. The van der Waals surface area contributed by atoms with Gasteiger partial charge in [0, 0.05) is 11.9 Å². The van der Waals surface area contributed by atoms with Crippen LogP contribution in [0.2, 0.25) is 0 Å². The van der Waals surface area contributed by atoms with E-state index in [1.807, 2.05) is 30.3 Å². The fourth-order valence-electron chi connectivity index (χ4n) is 1.10. The molecule has 0 heterocycles. The predicted octanol–water partition coefficient (Wildman–Crippen LogP) is 1.85. The molecule has 7 heteroatoms. The molecule has 0 saturated heterocycles. The van der Waals surface area contributed by atoms with Crippen LogP contribution in [0.1, 0.15) is 13.8 Å². The Morgan fingerprint density at radius 2 is 1.84 bits per heavy atom. The molecule has 0 aliphatic heterocycles. The highest BCUT2D eigenvalue weighted by molar-refractivity contribution is 14.0. The quantitative estimate of drug-likeness (QED) is 0.462. The van der Waals surface area contributed by atoms with Crippen molar-refractivity contribution in [3.8, 4) is 0 Å². The molecule has 0 fully saturated rings. The Balaban J connectivity index is 0.00000324. The second kappa shape index (κ2) is 7.09. The lowest BCUT2D eigenvalue weighted by Crippen LogP contribution is -2.36. The molecule has 0 unspecified atom stereocenters. The van der Waals surface area contributed by atoms with Crippen molar-refractivity contribution >= 4 is 45.5 Å². The molecule has 1 aromatic carbocycles. The van der Waals surface area contributed by atoms with Gasteiger partial charge in [-0.3, -0.25) is 4.99 Å². The highest BCUT2D eigenvalue weighted by atomic mass is 127. The summed E-state index contributed by atoms with van der Waals surface area (Å²) in [6.07, 6.45) is 1.20. The van der Waals surface area contributed by atoms with E-state index in [1.54, 1.807) is 13.8 Å². The molecule has 5 nitrogen and oxygen atoms in total. The first-order valence-electron chi connectivity index (χ1n) is 5.54. The molecule has 0 spiro atoms. The number of nitrogens with one attached hydrogen (secondary N) is 1. The lowest BCUT2D eigenvalue weighted by Gasteiger charge is -2.20. The topological polar surface area (TPSA) is 84.5 Å². The number of aliphatic imine (C=N–C) groups is 1. The van der Waals surface area contributed by atoms with Crippen molar-refractivity contribution in [2.45, 2.75) is 18.6 Å². The summed E-state index contributed by atoms with van der Waals surface area (Å²) in [5.74, 6) is 0.206. The standard InChI is InChI=1S/C12H19N3O2S.HI/c1-12(2,18(3,16)17)9-14-11(13)15-10-7-5-4-6-8-10;/h4-8H,9H2,1-3H3,(H3,13,14,15);1H. The second-order valence-electron chi connectivity index (χ2n) is 4.72. The molecule has 3 N–H and O–H groups in total. The minimum absolute atomic E-state index is 0. The maximum absolute atomic E-state index is 11.5. The van der Waals surface area contributed by atoms with Crippen LogP contribution >= 0.6 is 24.0 Å². The lowest BCUT2D eigenvalue weighted by atomic mass is 10.2. The van der Waals surface area contributed by atoms with E-state index in [0.29, 0.717) is 0 Å². The first-order chi connectivity index (χ1) is 8.22. The number of hydrogen-bond donors (Lipinski definition) is 2. The molecule has 19 heavy (non-hydrogen) atoms. The van der Waals surface area contributed by atoms with Gasteiger partial charge in [0.1, 0.15) is 0 Å². The Morgan fingerprint density at radius 3 is 2.32 bits per heavy atom. The zero-order valence-electron chi connectivity index (χ0n) is 11.3. The van der Waals surface area contributed by atoms with E-state index in [4.69, 9.17) is 5.73 Å². The Bertz CT molecular complexity index is 527. The minimum atomic E-state index is -3.16. The van der Waals surface area contributed by atoms with Crippen LogP contribution in [-0.2, 0) is 9.84 Å². The van der Waals surface area contributed by atoms with Gasteiger partial charge in [0.25, 0.3) is 0 Å². The zero-order chi connectivity index (χ0) is 13.8. The average Bonchev–Trinajstić information content (AvgIpc) is 2.26. The van der Waals surface area contributed by atoms with Gasteiger partial charge in [-0.15, -0.1) is 24.0 Å². The monoisotopic (exact) mass is 397 g/mol. The zero-order valence-corrected chi connectivity index (χ0v) is 14.4. The first-order valence-corrected chi connectivity index (χ1v) is 7.43. The minimum Gasteiger partial charge on any atom is -0.370 e. The van der Waals surface area contributed by atoms with Gasteiger partial charge >= 0.3 is 0 Å². The molecule has 0 amide bonds. The molecule has 0 aliphatic rings. The van der Waals surface area contributed by atoms with Crippen molar-refractivity contribution in [3.63, 3.8) is 0 Å². The van der Waals surface area contributed by atoms with Crippen LogP contribution in [0, 0.1) is 0 Å². The van der Waals surface area contributed by atoms with E-state index in [9.17, 15) is 8.42 Å².